The Morgan fingerprint density at radius 3 is 2.04 bits per heavy atom. The average Bonchev–Trinajstić information content (AvgIpc) is 3.15. The number of carbonyl (C=O) groups is 1. The molecule has 0 unspecified atom stereocenters. The van der Waals surface area contributed by atoms with Gasteiger partial charge in [-0.25, -0.2) is 4.79 Å². The van der Waals surface area contributed by atoms with E-state index in [1.807, 2.05) is 0 Å². The van der Waals surface area contributed by atoms with E-state index in [-0.39, 0.29) is 30.3 Å². The number of phenolic OH excluding ortho intramolecular Hbond substituents is 3. The summed E-state index contributed by atoms with van der Waals surface area (Å²) in [5, 5.41) is 113. The van der Waals surface area contributed by atoms with Gasteiger partial charge in [0.25, 0.3) is 0 Å². The van der Waals surface area contributed by atoms with Crippen molar-refractivity contribution in [2.75, 3.05) is 19.8 Å². The molecule has 15 atom stereocenters. The highest BCUT2D eigenvalue weighted by Gasteiger charge is 2.53. The Kier molecular flexibility index (Phi) is 14.2. The van der Waals surface area contributed by atoms with Gasteiger partial charge >= 0.3 is 5.97 Å². The zero-order valence-electron chi connectivity index (χ0n) is 28.9. The molecule has 0 radical (unpaired) electrons. The van der Waals surface area contributed by atoms with Crippen LogP contribution in [0.3, 0.4) is 0 Å². The fraction of sp³-hybridized carbons (Fsp3) is 0.571. The Labute approximate surface area is 308 Å². The Balaban J connectivity index is 1.43. The molecule has 3 aliphatic heterocycles. The Morgan fingerprint density at radius 1 is 0.704 bits per heavy atom. The molecule has 300 valence electrons. The zero-order chi connectivity index (χ0) is 39.3. The van der Waals surface area contributed by atoms with Gasteiger partial charge in [-0.1, -0.05) is 18.2 Å². The molecule has 0 spiro atoms. The van der Waals surface area contributed by atoms with Crippen LogP contribution < -0.4 is 0 Å². The van der Waals surface area contributed by atoms with E-state index in [1.165, 1.54) is 55.5 Å². The average molecular weight is 771 g/mol. The van der Waals surface area contributed by atoms with Crippen LogP contribution in [0.25, 0.3) is 6.08 Å². The largest absolute Gasteiger partial charge is 0.508 e. The first kappa shape index (κ1) is 41.6. The molecule has 19 nitrogen and oxygen atoms in total. The van der Waals surface area contributed by atoms with Crippen molar-refractivity contribution in [3.63, 3.8) is 0 Å². The predicted molar refractivity (Wildman–Crippen MR) is 178 cm³/mol. The number of hydrogen-bond donors (Lipinski definition) is 11. The first-order valence-corrected chi connectivity index (χ1v) is 17.1. The highest BCUT2D eigenvalue weighted by atomic mass is 16.8. The monoisotopic (exact) mass is 770 g/mol. The second kappa shape index (κ2) is 18.4. The standard InChI is InChI=1S/C35H46O19/c1-15-24(41)26(43)29(46)35(50-15)54-32-30(47)34(48-11-10-17-4-8-19(38)20(39)12-17)52-22(14-49-33-28(45)27(44)25(42)21(13-36)51-33)31(32)53-23(40)9-5-16-2-6-18(37)7-3-16/h2-9,12,15,21-22,24-39,41-47H,10-11,13-14H2,1H3/t15-,21+,22+,24-,25+,26+,27-,28+,29+,30+,31+,32+,33+,34+,35-/m0/s1. The van der Waals surface area contributed by atoms with Crippen molar-refractivity contribution in [3.05, 3.63) is 59.7 Å². The van der Waals surface area contributed by atoms with Crippen LogP contribution in [0, 0.1) is 0 Å². The molecule has 19 heteroatoms. The van der Waals surface area contributed by atoms with Gasteiger partial charge in [-0.3, -0.25) is 0 Å². The predicted octanol–water partition coefficient (Wildman–Crippen LogP) is -2.90. The molecule has 54 heavy (non-hydrogen) atoms. The van der Waals surface area contributed by atoms with Crippen molar-refractivity contribution < 1.29 is 94.1 Å². The van der Waals surface area contributed by atoms with E-state index in [0.29, 0.717) is 11.1 Å². The van der Waals surface area contributed by atoms with Crippen LogP contribution in [-0.2, 0) is 44.4 Å². The van der Waals surface area contributed by atoms with E-state index in [9.17, 15) is 61.0 Å². The van der Waals surface area contributed by atoms with Gasteiger partial charge in [0.15, 0.2) is 36.5 Å². The number of aliphatic hydroxyl groups is 8. The SMILES string of the molecule is C[C@@H]1O[C@@H](O[C@@H]2[C@@H](O)[C@H](OCCc3ccc(O)c(O)c3)O[C@H](CO[C@@H]3O[C@H](CO)[C@@H](O)[C@H](O)[C@H]3O)[C@H]2OC(=O)C=Cc2ccc(O)cc2)[C@H](O)[C@H](O)[C@H]1O. The maximum Gasteiger partial charge on any atom is 0.331 e. The minimum atomic E-state index is -1.86. The van der Waals surface area contributed by atoms with Crippen LogP contribution in [0.5, 0.6) is 17.2 Å². The second-order valence-corrected chi connectivity index (χ2v) is 13.1. The van der Waals surface area contributed by atoms with Gasteiger partial charge in [-0.2, -0.15) is 0 Å². The third-order valence-electron chi connectivity index (χ3n) is 9.26. The second-order valence-electron chi connectivity index (χ2n) is 13.1. The molecule has 3 heterocycles. The summed E-state index contributed by atoms with van der Waals surface area (Å²) in [6, 6.07) is 9.88. The number of rotatable bonds is 13. The molecule has 0 aromatic heterocycles. The summed E-state index contributed by atoms with van der Waals surface area (Å²) in [5.74, 6) is -1.74. The number of ether oxygens (including phenoxy) is 7. The van der Waals surface area contributed by atoms with Crippen LogP contribution in [-0.4, -0.2) is 174 Å². The number of benzene rings is 2. The minimum Gasteiger partial charge on any atom is -0.508 e. The van der Waals surface area contributed by atoms with Crippen LogP contribution in [0.4, 0.5) is 0 Å². The summed E-state index contributed by atoms with van der Waals surface area (Å²) in [6.07, 6.45) is -21.9. The molecule has 11 N–H and O–H groups in total. The number of aliphatic hydroxyl groups excluding tert-OH is 8. The highest BCUT2D eigenvalue weighted by Crippen LogP contribution is 2.33. The van der Waals surface area contributed by atoms with E-state index >= 15 is 0 Å². The molecule has 3 aliphatic rings. The van der Waals surface area contributed by atoms with Gasteiger partial charge in [-0.05, 0) is 54.8 Å². The Hall–Kier alpha value is -3.51. The summed E-state index contributed by atoms with van der Waals surface area (Å²) in [5.41, 5.74) is 1.02. The van der Waals surface area contributed by atoms with Crippen LogP contribution >= 0.6 is 0 Å². The normalized spacial score (nSPS) is 37.3. The van der Waals surface area contributed by atoms with Gasteiger partial charge in [0.2, 0.25) is 0 Å². The summed E-state index contributed by atoms with van der Waals surface area (Å²) in [7, 11) is 0. The smallest absolute Gasteiger partial charge is 0.331 e. The Bertz CT molecular complexity index is 1540. The third kappa shape index (κ3) is 9.83. The molecule has 3 saturated heterocycles. The van der Waals surface area contributed by atoms with Gasteiger partial charge in [0.05, 0.1) is 25.9 Å². The van der Waals surface area contributed by atoms with Gasteiger partial charge in [-0.15, -0.1) is 0 Å². The minimum absolute atomic E-state index is 0.0117. The summed E-state index contributed by atoms with van der Waals surface area (Å²) in [4.78, 5) is 13.3. The first-order chi connectivity index (χ1) is 25.7. The first-order valence-electron chi connectivity index (χ1n) is 17.1. The third-order valence-corrected chi connectivity index (χ3v) is 9.26. The molecule has 0 amide bonds. The fourth-order valence-electron chi connectivity index (χ4n) is 6.08. The molecular weight excluding hydrogens is 724 g/mol. The lowest BCUT2D eigenvalue weighted by Crippen LogP contribution is -2.65. The van der Waals surface area contributed by atoms with Crippen molar-refractivity contribution in [3.8, 4) is 17.2 Å². The van der Waals surface area contributed by atoms with Crippen molar-refractivity contribution >= 4 is 12.0 Å². The maximum absolute atomic E-state index is 13.3. The molecule has 3 fully saturated rings. The lowest BCUT2D eigenvalue weighted by Gasteiger charge is -2.47. The summed E-state index contributed by atoms with van der Waals surface area (Å²) >= 11 is 0. The van der Waals surface area contributed by atoms with Crippen molar-refractivity contribution in [1.29, 1.82) is 0 Å². The summed E-state index contributed by atoms with van der Waals surface area (Å²) < 4.78 is 40.3. The molecular formula is C35H46O19. The van der Waals surface area contributed by atoms with Crippen LogP contribution in [0.2, 0.25) is 0 Å². The van der Waals surface area contributed by atoms with Gasteiger partial charge < -0.3 is 89.3 Å². The van der Waals surface area contributed by atoms with Crippen LogP contribution in [0.1, 0.15) is 18.1 Å². The van der Waals surface area contributed by atoms with Crippen molar-refractivity contribution in [1.82, 2.24) is 0 Å². The maximum atomic E-state index is 13.3. The topological polar surface area (TPSA) is 304 Å². The number of phenols is 3. The molecule has 0 aliphatic carbocycles. The fourth-order valence-corrected chi connectivity index (χ4v) is 6.08. The van der Waals surface area contributed by atoms with Crippen molar-refractivity contribution in [2.45, 2.75) is 105 Å². The molecule has 0 bridgehead atoms. The lowest BCUT2D eigenvalue weighted by molar-refractivity contribution is -0.364. The quantitative estimate of drug-likeness (QED) is 0.0553. The number of hydrogen-bond acceptors (Lipinski definition) is 19. The zero-order valence-corrected chi connectivity index (χ0v) is 28.9. The van der Waals surface area contributed by atoms with E-state index in [2.05, 4.69) is 0 Å². The summed E-state index contributed by atoms with van der Waals surface area (Å²) in [6.45, 7) is -0.167. The molecule has 2 aromatic carbocycles. The molecule has 0 saturated carbocycles. The van der Waals surface area contributed by atoms with E-state index in [4.69, 9.17) is 33.2 Å². The highest BCUT2D eigenvalue weighted by molar-refractivity contribution is 5.87. The Morgan fingerprint density at radius 2 is 1.35 bits per heavy atom. The van der Waals surface area contributed by atoms with E-state index in [1.54, 1.807) is 0 Å². The number of aromatic hydroxyl groups is 3. The van der Waals surface area contributed by atoms with Gasteiger partial charge in [0.1, 0.15) is 66.8 Å². The van der Waals surface area contributed by atoms with Crippen molar-refractivity contribution in [2.24, 2.45) is 0 Å². The number of carbonyl (C=O) groups excluding carboxylic acids is 1. The molecule has 5 rings (SSSR count). The van der Waals surface area contributed by atoms with Crippen LogP contribution in [0.15, 0.2) is 48.5 Å². The van der Waals surface area contributed by atoms with Gasteiger partial charge in [0, 0.05) is 6.08 Å². The number of esters is 1. The lowest BCUT2D eigenvalue weighted by atomic mass is 9.96. The van der Waals surface area contributed by atoms with E-state index in [0.717, 1.165) is 6.08 Å². The molecule has 2 aromatic rings. The van der Waals surface area contributed by atoms with E-state index < -0.39 is 111 Å².